The summed E-state index contributed by atoms with van der Waals surface area (Å²) in [5, 5.41) is 18.5. The van der Waals surface area contributed by atoms with Crippen molar-refractivity contribution in [1.82, 2.24) is 25.5 Å². The van der Waals surface area contributed by atoms with E-state index < -0.39 is 10.1 Å². The van der Waals surface area contributed by atoms with Gasteiger partial charge in [-0.2, -0.15) is 9.78 Å². The van der Waals surface area contributed by atoms with Gasteiger partial charge >= 0.3 is 6.03 Å². The number of hydrogen-bond donors (Lipinski definition) is 3. The molecule has 3 aromatic carbocycles. The van der Waals surface area contributed by atoms with Crippen LogP contribution in [-0.2, 0) is 17.2 Å². The highest BCUT2D eigenvalue weighted by molar-refractivity contribution is 8.03. The third-order valence-corrected chi connectivity index (χ3v) is 10.7. The molecule has 0 saturated heterocycles. The number of unbranched alkanes of at least 4 members (excludes halogenated alkanes) is 1. The van der Waals surface area contributed by atoms with Crippen LogP contribution in [0.25, 0.3) is 22.0 Å². The van der Waals surface area contributed by atoms with Gasteiger partial charge in [0.1, 0.15) is 11.7 Å². The zero-order valence-corrected chi connectivity index (χ0v) is 29.7. The van der Waals surface area contributed by atoms with Crippen molar-refractivity contribution >= 4 is 102 Å². The van der Waals surface area contributed by atoms with Crippen LogP contribution in [0.1, 0.15) is 17.8 Å². The Morgan fingerprint density at radius 3 is 2.62 bits per heavy atom. The first-order valence-electron chi connectivity index (χ1n) is 14.0. The second-order valence-corrected chi connectivity index (χ2v) is 15.0. The molecular weight excluding hydrogens is 724 g/mol. The smallest absolute Gasteiger partial charge is 0.318 e. The van der Waals surface area contributed by atoms with Crippen molar-refractivity contribution in [2.24, 2.45) is 7.05 Å². The van der Waals surface area contributed by atoms with Gasteiger partial charge in [-0.1, -0.05) is 62.7 Å². The highest BCUT2D eigenvalue weighted by Crippen LogP contribution is 2.48. The maximum absolute atomic E-state index is 11.2. The standard InChI is InChI=1S/C20H18Cl2N2O3S3.C9H10N6OS/c1-23-15-10-13(21)4-6-17(15)28-19(23)12-20-24(8-2-3-9-30(25,26)27)16-11-14(22)5-7-18(16)29-20;1-10-8(16)11-6-3-2-4-7(5-6)15-9(17)12-13-14-15/h4-7,10-12H,2-3,8-9H2,1H3;2-5H,1H3,(H2,10,11,16)(H,12,14,17). The predicted molar refractivity (Wildman–Crippen MR) is 189 cm³/mol. The van der Waals surface area contributed by atoms with Crippen LogP contribution in [-0.4, -0.2) is 58.6 Å². The molecule has 47 heavy (non-hydrogen) atoms. The molecule has 5 aromatic rings. The number of aromatic amines is 1. The van der Waals surface area contributed by atoms with E-state index in [-0.39, 0.29) is 11.8 Å². The number of halogens is 2. The second kappa shape index (κ2) is 15.1. The molecule has 0 saturated carbocycles. The summed E-state index contributed by atoms with van der Waals surface area (Å²) in [5.41, 5.74) is 3.46. The summed E-state index contributed by atoms with van der Waals surface area (Å²) in [7, 11) is -0.637. The first-order chi connectivity index (χ1) is 22.4. The summed E-state index contributed by atoms with van der Waals surface area (Å²) in [6.45, 7) is 0.599. The predicted octanol–water partition coefficient (Wildman–Crippen LogP) is 6.34. The molecule has 246 valence electrons. The topological polar surface area (TPSA) is 152 Å². The van der Waals surface area contributed by atoms with Crippen molar-refractivity contribution in [2.45, 2.75) is 17.7 Å². The van der Waals surface area contributed by atoms with E-state index >= 15 is 0 Å². The highest BCUT2D eigenvalue weighted by atomic mass is 35.5. The molecule has 2 amide bonds. The van der Waals surface area contributed by atoms with Crippen molar-refractivity contribution in [2.75, 3.05) is 29.6 Å². The molecule has 3 N–H and O–H groups in total. The van der Waals surface area contributed by atoms with E-state index in [2.05, 4.69) is 41.7 Å². The number of thiazole rings is 1. The molecule has 0 atom stereocenters. The fraction of sp³-hybridized carbons (Fsp3) is 0.207. The summed E-state index contributed by atoms with van der Waals surface area (Å²) in [6.07, 6.45) is 3.03. The lowest BCUT2D eigenvalue weighted by Gasteiger charge is -2.20. The van der Waals surface area contributed by atoms with E-state index in [4.69, 9.17) is 35.4 Å². The number of fused-ring (bicyclic) bond motifs is 2. The monoisotopic (exact) mass is 750 g/mol. The second-order valence-electron chi connectivity index (χ2n) is 10.1. The molecular formula is C29H28Cl2N8O4S4. The summed E-state index contributed by atoms with van der Waals surface area (Å²) < 4.78 is 37.8. The molecule has 2 aromatic heterocycles. The number of tetrazole rings is 1. The average molecular weight is 752 g/mol. The van der Waals surface area contributed by atoms with E-state index in [1.54, 1.807) is 48.3 Å². The number of carbonyl (C=O) groups is 1. The first-order valence-corrected chi connectivity index (χ1v) is 18.4. The van der Waals surface area contributed by atoms with E-state index in [9.17, 15) is 17.8 Å². The molecule has 1 aliphatic rings. The van der Waals surface area contributed by atoms with Gasteiger partial charge in [0.25, 0.3) is 5.01 Å². The number of urea groups is 1. The fourth-order valence-electron chi connectivity index (χ4n) is 4.61. The Kier molecular flexibility index (Phi) is 11.2. The largest absolute Gasteiger partial charge is 0.748 e. The number of anilines is 2. The normalized spacial score (nSPS) is 13.4. The lowest BCUT2D eigenvalue weighted by Crippen LogP contribution is -2.29. The number of amides is 2. The number of aryl methyl sites for hydroxylation is 1. The van der Waals surface area contributed by atoms with Crippen LogP contribution in [0.3, 0.4) is 0 Å². The highest BCUT2D eigenvalue weighted by Gasteiger charge is 2.27. The molecule has 18 heteroatoms. The van der Waals surface area contributed by atoms with Gasteiger partial charge in [0, 0.05) is 46.0 Å². The minimum absolute atomic E-state index is 0.284. The zero-order chi connectivity index (χ0) is 33.7. The quantitative estimate of drug-likeness (QED) is 0.0714. The van der Waals surface area contributed by atoms with Gasteiger partial charge in [0.2, 0.25) is 10.3 Å². The number of benzene rings is 3. The number of nitrogens with zero attached hydrogens (tertiary/aromatic N) is 5. The Hall–Kier alpha value is -3.51. The van der Waals surface area contributed by atoms with Crippen molar-refractivity contribution in [3.8, 4) is 5.69 Å². The van der Waals surface area contributed by atoms with Crippen LogP contribution in [0.2, 0.25) is 10.0 Å². The Labute approximate surface area is 294 Å². The molecule has 3 heterocycles. The first kappa shape index (κ1) is 34.8. The number of aromatic nitrogens is 5. The van der Waals surface area contributed by atoms with Crippen LogP contribution in [0.5, 0.6) is 0 Å². The maximum atomic E-state index is 11.2. The van der Waals surface area contributed by atoms with Crippen LogP contribution in [0.15, 0.2) is 70.6 Å². The number of thioether (sulfide) groups is 1. The summed E-state index contributed by atoms with van der Waals surface area (Å²) in [6, 6.07) is 18.5. The van der Waals surface area contributed by atoms with Crippen LogP contribution in [0.4, 0.5) is 16.2 Å². The van der Waals surface area contributed by atoms with Crippen LogP contribution >= 0.6 is 58.5 Å². The van der Waals surface area contributed by atoms with Gasteiger partial charge in [-0.15, -0.1) is 0 Å². The molecule has 1 aliphatic heterocycles. The van der Waals surface area contributed by atoms with Crippen molar-refractivity contribution < 1.29 is 22.3 Å². The van der Waals surface area contributed by atoms with Crippen molar-refractivity contribution in [3.63, 3.8) is 0 Å². The summed E-state index contributed by atoms with van der Waals surface area (Å²) in [4.78, 5) is 14.4. The number of rotatable bonds is 8. The molecule has 12 nitrogen and oxygen atoms in total. The Morgan fingerprint density at radius 1 is 1.13 bits per heavy atom. The Balaban J connectivity index is 0.000000216. The average Bonchev–Trinajstić information content (AvgIpc) is 3.70. The maximum Gasteiger partial charge on any atom is 0.318 e. The number of carbonyl (C=O) groups excluding carboxylic acids is 1. The van der Waals surface area contributed by atoms with Crippen LogP contribution < -0.4 is 20.1 Å². The van der Waals surface area contributed by atoms with Gasteiger partial charge in [-0.3, -0.25) is 0 Å². The van der Waals surface area contributed by atoms with E-state index in [0.29, 0.717) is 39.9 Å². The molecule has 0 fully saturated rings. The molecule has 0 aliphatic carbocycles. The van der Waals surface area contributed by atoms with Gasteiger partial charge in [0.05, 0.1) is 32.6 Å². The summed E-state index contributed by atoms with van der Waals surface area (Å²) >= 11 is 20.7. The number of nitrogens with one attached hydrogen (secondary N) is 3. The minimum atomic E-state index is -4.20. The minimum Gasteiger partial charge on any atom is -0.748 e. The SMILES string of the molecule is CNC(=O)Nc1cccc(-n2[nH]nnc2=S)c1.C[n+]1c(C=C2Sc3ccc(Cl)cc3N2CCCCS(=O)(=O)[O-])sc2ccc(Cl)cc21. The molecule has 0 radical (unpaired) electrons. The number of H-pyrrole nitrogens is 1. The zero-order valence-electron chi connectivity index (χ0n) is 24.9. The Bertz CT molecular complexity index is 2130. The summed E-state index contributed by atoms with van der Waals surface area (Å²) in [5.74, 6) is -0.346. The third kappa shape index (κ3) is 8.90. The molecule has 0 spiro atoms. The van der Waals surface area contributed by atoms with Gasteiger partial charge < -0.3 is 20.1 Å². The lowest BCUT2D eigenvalue weighted by atomic mass is 10.2. The molecule has 0 unspecified atom stereocenters. The third-order valence-electron chi connectivity index (χ3n) is 6.85. The van der Waals surface area contributed by atoms with E-state index in [1.807, 2.05) is 49.5 Å². The molecule has 0 bridgehead atoms. The Morgan fingerprint density at radius 2 is 1.89 bits per heavy atom. The van der Waals surface area contributed by atoms with Gasteiger partial charge in [-0.25, -0.2) is 17.9 Å². The lowest BCUT2D eigenvalue weighted by molar-refractivity contribution is -0.642. The van der Waals surface area contributed by atoms with Gasteiger partial charge in [-0.05, 0) is 73.6 Å². The molecule has 6 rings (SSSR count). The van der Waals surface area contributed by atoms with E-state index in [1.165, 1.54) is 4.68 Å². The number of hydrogen-bond acceptors (Lipinski definition) is 10. The fourth-order valence-corrected chi connectivity index (χ4v) is 7.94. The van der Waals surface area contributed by atoms with E-state index in [0.717, 1.165) is 36.5 Å². The van der Waals surface area contributed by atoms with Crippen molar-refractivity contribution in [1.29, 1.82) is 0 Å². The van der Waals surface area contributed by atoms with Gasteiger partial charge in [0.15, 0.2) is 0 Å². The van der Waals surface area contributed by atoms with Crippen LogP contribution in [0, 0.1) is 4.77 Å². The van der Waals surface area contributed by atoms with Crippen molar-refractivity contribution in [3.05, 3.63) is 85.5 Å².